The maximum Gasteiger partial charge on any atom is 0.251 e. The molecule has 12 nitrogen and oxygen atoms in total. The molecule has 0 unspecified atom stereocenters. The lowest BCUT2D eigenvalue weighted by atomic mass is 9.92. The molecule has 12 heteroatoms. The Bertz CT molecular complexity index is 1280. The molecule has 0 radical (unpaired) electrons. The second-order valence-electron chi connectivity index (χ2n) is 10.4. The van der Waals surface area contributed by atoms with E-state index in [0.29, 0.717) is 48.6 Å². The van der Waals surface area contributed by atoms with E-state index in [2.05, 4.69) is 25.6 Å². The van der Waals surface area contributed by atoms with Crippen molar-refractivity contribution >= 4 is 34.8 Å². The third kappa shape index (κ3) is 5.43. The smallest absolute Gasteiger partial charge is 0.251 e. The van der Waals surface area contributed by atoms with Crippen molar-refractivity contribution in [2.24, 2.45) is 5.11 Å². The number of aromatic nitrogens is 1. The average Bonchev–Trinajstić information content (AvgIpc) is 2.93. The van der Waals surface area contributed by atoms with E-state index in [-0.39, 0.29) is 23.9 Å². The Hall–Kier alpha value is -4.02. The fraction of sp³-hybridized carbons (Fsp3) is 0.519. The van der Waals surface area contributed by atoms with E-state index in [1.54, 1.807) is 37.3 Å². The number of azide groups is 1. The Morgan fingerprint density at radius 1 is 1.21 bits per heavy atom. The molecule has 1 atom stereocenters. The summed E-state index contributed by atoms with van der Waals surface area (Å²) in [5, 5.41) is 9.89. The van der Waals surface area contributed by atoms with Gasteiger partial charge in [0.2, 0.25) is 5.91 Å². The maximum absolute atomic E-state index is 13.0. The maximum atomic E-state index is 13.0. The normalized spacial score (nSPS) is 20.1. The van der Waals surface area contributed by atoms with E-state index < -0.39 is 0 Å². The highest BCUT2D eigenvalue weighted by Crippen LogP contribution is 2.40. The molecule has 1 aromatic heterocycles. The van der Waals surface area contributed by atoms with E-state index in [0.717, 1.165) is 37.2 Å². The van der Waals surface area contributed by atoms with Gasteiger partial charge in [0.25, 0.3) is 5.91 Å². The van der Waals surface area contributed by atoms with Gasteiger partial charge in [-0.3, -0.25) is 14.5 Å². The van der Waals surface area contributed by atoms with Crippen molar-refractivity contribution in [1.29, 1.82) is 0 Å². The number of nitrogens with one attached hydrogen (secondary N) is 2. The minimum atomic E-state index is -0.275. The summed E-state index contributed by atoms with van der Waals surface area (Å²) in [6.07, 6.45) is 5.68. The predicted octanol–water partition coefficient (Wildman–Crippen LogP) is 4.02. The summed E-state index contributed by atoms with van der Waals surface area (Å²) in [6.45, 7) is 3.55. The largest absolute Gasteiger partial charge is 0.495 e. The number of ether oxygens (including phenoxy) is 1. The van der Waals surface area contributed by atoms with Crippen LogP contribution < -0.4 is 25.2 Å². The Morgan fingerprint density at radius 2 is 1.97 bits per heavy atom. The Labute approximate surface area is 227 Å². The van der Waals surface area contributed by atoms with Crippen LogP contribution in [0.4, 0.5) is 23.0 Å². The second kappa shape index (κ2) is 11.4. The van der Waals surface area contributed by atoms with Gasteiger partial charge in [0.05, 0.1) is 31.2 Å². The summed E-state index contributed by atoms with van der Waals surface area (Å²) >= 11 is 0. The number of pyridine rings is 1. The number of benzene rings is 1. The summed E-state index contributed by atoms with van der Waals surface area (Å²) in [7, 11) is 3.37. The van der Waals surface area contributed by atoms with Gasteiger partial charge in [-0.2, -0.15) is 0 Å². The molecule has 1 saturated carbocycles. The van der Waals surface area contributed by atoms with Crippen molar-refractivity contribution in [1.82, 2.24) is 15.2 Å². The Kier molecular flexibility index (Phi) is 7.76. The van der Waals surface area contributed by atoms with Crippen LogP contribution in [-0.2, 0) is 4.79 Å². The van der Waals surface area contributed by atoms with Crippen LogP contribution in [0, 0.1) is 0 Å². The minimum absolute atomic E-state index is 0.00870. The molecule has 2 aliphatic heterocycles. The first-order chi connectivity index (χ1) is 18.9. The summed E-state index contributed by atoms with van der Waals surface area (Å²) in [5.74, 6) is 1.85. The number of carbonyl (C=O) groups excluding carboxylic acids is 2. The molecule has 39 heavy (non-hydrogen) atoms. The van der Waals surface area contributed by atoms with Crippen LogP contribution >= 0.6 is 0 Å². The highest BCUT2D eigenvalue weighted by molar-refractivity contribution is 6.04. The first-order valence-corrected chi connectivity index (χ1v) is 13.5. The van der Waals surface area contributed by atoms with Crippen LogP contribution in [0.25, 0.3) is 10.4 Å². The minimum Gasteiger partial charge on any atom is -0.495 e. The van der Waals surface area contributed by atoms with Crippen LogP contribution in [0.1, 0.15) is 49.4 Å². The number of likely N-dealkylation sites (N-methyl/N-ethyl adjacent to an activating group) is 1. The number of nitrogens with zero attached hydrogens (tertiary/aromatic N) is 7. The number of methoxy groups -OCH3 is 1. The summed E-state index contributed by atoms with van der Waals surface area (Å²) in [5.41, 5.74) is 10.4. The monoisotopic (exact) mass is 533 g/mol. The van der Waals surface area contributed by atoms with E-state index in [9.17, 15) is 9.59 Å². The third-order valence-electron chi connectivity index (χ3n) is 7.88. The van der Waals surface area contributed by atoms with Crippen molar-refractivity contribution in [2.75, 3.05) is 49.0 Å². The van der Waals surface area contributed by atoms with E-state index in [1.807, 2.05) is 24.0 Å². The van der Waals surface area contributed by atoms with E-state index >= 15 is 0 Å². The molecule has 2 N–H and O–H groups in total. The van der Waals surface area contributed by atoms with Crippen LogP contribution in [0.15, 0.2) is 35.4 Å². The molecule has 1 aromatic carbocycles. The van der Waals surface area contributed by atoms with Gasteiger partial charge in [-0.05, 0) is 55.6 Å². The zero-order chi connectivity index (χ0) is 27.5. The molecule has 0 spiro atoms. The third-order valence-corrected chi connectivity index (χ3v) is 7.88. The molecule has 2 aromatic rings. The summed E-state index contributed by atoms with van der Waals surface area (Å²) < 4.78 is 5.60. The van der Waals surface area contributed by atoms with Gasteiger partial charge < -0.3 is 25.2 Å². The molecule has 2 fully saturated rings. The van der Waals surface area contributed by atoms with Crippen LogP contribution in [0.5, 0.6) is 5.75 Å². The van der Waals surface area contributed by atoms with Crippen LogP contribution in [0.3, 0.4) is 0 Å². The molecule has 206 valence electrons. The van der Waals surface area contributed by atoms with Gasteiger partial charge in [0.15, 0.2) is 5.82 Å². The van der Waals surface area contributed by atoms with Crippen LogP contribution in [-0.4, -0.2) is 73.7 Å². The van der Waals surface area contributed by atoms with Gasteiger partial charge >= 0.3 is 0 Å². The lowest BCUT2D eigenvalue weighted by Gasteiger charge is -2.44. The lowest BCUT2D eigenvalue weighted by molar-refractivity contribution is -0.119. The van der Waals surface area contributed by atoms with E-state index in [1.165, 1.54) is 6.42 Å². The van der Waals surface area contributed by atoms with Crippen molar-refractivity contribution < 1.29 is 14.3 Å². The van der Waals surface area contributed by atoms with Gasteiger partial charge in [-0.15, -0.1) is 0 Å². The average molecular weight is 534 g/mol. The number of rotatable bonds is 8. The molecule has 0 bridgehead atoms. The summed E-state index contributed by atoms with van der Waals surface area (Å²) in [6, 6.07) is 9.08. The Morgan fingerprint density at radius 3 is 2.69 bits per heavy atom. The highest BCUT2D eigenvalue weighted by Gasteiger charge is 2.39. The molecular formula is C27H35N9O3. The van der Waals surface area contributed by atoms with Gasteiger partial charge in [-0.25, -0.2) is 4.98 Å². The number of fused-ring (bicyclic) bond motifs is 1. The highest BCUT2D eigenvalue weighted by atomic mass is 16.5. The molecule has 2 amide bonds. The first kappa shape index (κ1) is 26.6. The van der Waals surface area contributed by atoms with Crippen LogP contribution in [0.2, 0.25) is 0 Å². The van der Waals surface area contributed by atoms with E-state index in [4.69, 9.17) is 15.3 Å². The van der Waals surface area contributed by atoms with Crippen molar-refractivity contribution in [3.05, 3.63) is 46.3 Å². The standard InChI is InChI=1S/C27H35N9O3/c1-17-27(38)34(2)22-11-12-24(32-25(22)36(17)20-7-5-4-6-8-20)31-21-10-9-18(13-23(21)39-3)26(37)30-19-14-35(15-19)16-29-33-28/h9-13,17,19-20H,4-8,14-16H2,1-3H3,(H,30,37)(H,31,32)/t17-/m1/s1. The van der Waals surface area contributed by atoms with Crippen molar-refractivity contribution in [3.8, 4) is 5.75 Å². The number of amides is 2. The van der Waals surface area contributed by atoms with Gasteiger partial charge in [0, 0.05) is 36.7 Å². The fourth-order valence-electron chi connectivity index (χ4n) is 5.75. The molecule has 3 heterocycles. The zero-order valence-corrected chi connectivity index (χ0v) is 22.6. The Balaban J connectivity index is 1.33. The number of hydrogen-bond donors (Lipinski definition) is 2. The molecule has 5 rings (SSSR count). The molecule has 1 aliphatic carbocycles. The van der Waals surface area contributed by atoms with Gasteiger partial charge in [-0.1, -0.05) is 24.4 Å². The second-order valence-corrected chi connectivity index (χ2v) is 10.4. The quantitative estimate of drug-likeness (QED) is 0.297. The van der Waals surface area contributed by atoms with Gasteiger partial charge in [0.1, 0.15) is 17.6 Å². The number of likely N-dealkylation sites (tertiary alicyclic amines) is 1. The zero-order valence-electron chi connectivity index (χ0n) is 22.6. The van der Waals surface area contributed by atoms with Crippen molar-refractivity contribution in [2.45, 2.75) is 57.2 Å². The lowest BCUT2D eigenvalue weighted by Crippen LogP contribution is -2.59. The number of hydrogen-bond acceptors (Lipinski definition) is 8. The predicted molar refractivity (Wildman–Crippen MR) is 150 cm³/mol. The topological polar surface area (TPSA) is 139 Å². The summed E-state index contributed by atoms with van der Waals surface area (Å²) in [4.78, 5) is 39.4. The first-order valence-electron chi connectivity index (χ1n) is 13.5. The number of anilines is 4. The molecule has 1 saturated heterocycles. The fourth-order valence-corrected chi connectivity index (χ4v) is 5.75. The SMILES string of the molecule is COc1cc(C(=O)NC2CN(CN=[N+]=[N-])C2)ccc1Nc1ccc2c(n1)N(C1CCCCC1)[C@H](C)C(=O)N2C. The molecular weight excluding hydrogens is 498 g/mol. The number of carbonyl (C=O) groups is 2. The van der Waals surface area contributed by atoms with Crippen molar-refractivity contribution in [3.63, 3.8) is 0 Å². The molecule has 3 aliphatic rings.